The summed E-state index contributed by atoms with van der Waals surface area (Å²) >= 11 is 1.49. The Morgan fingerprint density at radius 1 is 1.11 bits per heavy atom. The Balaban J connectivity index is 1.29. The van der Waals surface area contributed by atoms with Gasteiger partial charge in [0.2, 0.25) is 5.16 Å². The number of hydrogen-bond acceptors (Lipinski definition) is 7. The van der Waals surface area contributed by atoms with E-state index in [2.05, 4.69) is 15.1 Å². The van der Waals surface area contributed by atoms with Gasteiger partial charge in [0.05, 0.1) is 6.54 Å². The fourth-order valence-electron chi connectivity index (χ4n) is 4.13. The van der Waals surface area contributed by atoms with Crippen molar-refractivity contribution in [1.82, 2.24) is 24.5 Å². The fourth-order valence-corrected chi connectivity index (χ4v) is 4.95. The summed E-state index contributed by atoms with van der Waals surface area (Å²) in [6.07, 6.45) is -0.225. The van der Waals surface area contributed by atoms with Crippen LogP contribution in [0.4, 0.5) is 0 Å². The molecule has 0 fully saturated rings. The summed E-state index contributed by atoms with van der Waals surface area (Å²) in [5, 5.41) is 5.20. The normalized spacial score (nSPS) is 14.8. The molecule has 1 aliphatic heterocycles. The van der Waals surface area contributed by atoms with Crippen molar-refractivity contribution in [2.24, 2.45) is 0 Å². The van der Waals surface area contributed by atoms with E-state index in [4.69, 9.17) is 9.47 Å². The van der Waals surface area contributed by atoms with Gasteiger partial charge in [0, 0.05) is 29.2 Å². The number of likely N-dealkylation sites (N-methyl/N-ethyl adjacent to an activating group) is 1. The molecule has 0 saturated heterocycles. The van der Waals surface area contributed by atoms with E-state index in [0.717, 1.165) is 22.7 Å². The van der Waals surface area contributed by atoms with Crippen LogP contribution in [-0.2, 0) is 5.75 Å². The number of carbonyl (C=O) groups is 1. The molecule has 2 aromatic carbocycles. The molecule has 0 spiro atoms. The van der Waals surface area contributed by atoms with E-state index in [-0.39, 0.29) is 12.0 Å². The van der Waals surface area contributed by atoms with Gasteiger partial charge in [-0.05, 0) is 50.6 Å². The topological polar surface area (TPSA) is 81.9 Å². The van der Waals surface area contributed by atoms with Crippen LogP contribution in [0, 0.1) is 13.8 Å². The number of aromatic nitrogens is 4. The van der Waals surface area contributed by atoms with Gasteiger partial charge in [-0.25, -0.2) is 9.50 Å². The van der Waals surface area contributed by atoms with Crippen molar-refractivity contribution >= 4 is 23.4 Å². The number of nitrogens with zero attached hydrogens (tertiary/aromatic N) is 5. The molecule has 0 aliphatic carbocycles. The van der Waals surface area contributed by atoms with Gasteiger partial charge < -0.3 is 14.4 Å². The van der Waals surface area contributed by atoms with Crippen LogP contribution in [-0.4, -0.2) is 56.2 Å². The number of amides is 1. The highest BCUT2D eigenvalue weighted by Crippen LogP contribution is 2.31. The van der Waals surface area contributed by atoms with E-state index in [1.807, 2.05) is 80.3 Å². The lowest BCUT2D eigenvalue weighted by atomic mass is 10.1. The molecule has 1 aliphatic rings. The summed E-state index contributed by atoms with van der Waals surface area (Å²) in [6, 6.07) is 17.3. The van der Waals surface area contributed by atoms with Gasteiger partial charge in [0.1, 0.15) is 6.61 Å². The first-order valence-corrected chi connectivity index (χ1v) is 12.6. The maximum absolute atomic E-state index is 13.5. The molecule has 5 rings (SSSR count). The third-order valence-corrected chi connectivity index (χ3v) is 6.75. The van der Waals surface area contributed by atoms with E-state index in [1.54, 1.807) is 4.52 Å². The van der Waals surface area contributed by atoms with Crippen LogP contribution < -0.4 is 9.47 Å². The van der Waals surface area contributed by atoms with E-state index in [9.17, 15) is 4.79 Å². The van der Waals surface area contributed by atoms with Crippen LogP contribution in [0.3, 0.4) is 0 Å². The predicted octanol–water partition coefficient (Wildman–Crippen LogP) is 4.34. The number of aryl methyl sites for hydroxylation is 2. The van der Waals surface area contributed by atoms with E-state index in [0.29, 0.717) is 47.7 Å². The van der Waals surface area contributed by atoms with Crippen molar-refractivity contribution in [2.75, 3.05) is 19.7 Å². The zero-order valence-electron chi connectivity index (χ0n) is 20.0. The molecule has 2 aromatic heterocycles. The summed E-state index contributed by atoms with van der Waals surface area (Å²) < 4.78 is 13.7. The summed E-state index contributed by atoms with van der Waals surface area (Å²) in [5.74, 6) is 2.58. The van der Waals surface area contributed by atoms with Crippen LogP contribution in [0.5, 0.6) is 11.5 Å². The highest BCUT2D eigenvalue weighted by molar-refractivity contribution is 7.98. The smallest absolute Gasteiger partial charge is 0.254 e. The highest BCUT2D eigenvalue weighted by Gasteiger charge is 2.26. The molecular weight excluding hydrogens is 462 g/mol. The van der Waals surface area contributed by atoms with Crippen molar-refractivity contribution in [1.29, 1.82) is 0 Å². The molecule has 4 aromatic rings. The Morgan fingerprint density at radius 2 is 1.89 bits per heavy atom. The van der Waals surface area contributed by atoms with Gasteiger partial charge in [0.15, 0.2) is 17.6 Å². The predicted molar refractivity (Wildman–Crippen MR) is 134 cm³/mol. The molecule has 9 heteroatoms. The molecule has 35 heavy (non-hydrogen) atoms. The van der Waals surface area contributed by atoms with Crippen LogP contribution in [0.25, 0.3) is 5.78 Å². The van der Waals surface area contributed by atoms with Crippen LogP contribution in [0.2, 0.25) is 0 Å². The molecule has 0 N–H and O–H groups in total. The minimum absolute atomic E-state index is 0.0257. The van der Waals surface area contributed by atoms with Crippen LogP contribution >= 0.6 is 11.8 Å². The number of hydrogen-bond donors (Lipinski definition) is 0. The first-order chi connectivity index (χ1) is 17.0. The number of ether oxygens (including phenoxy) is 2. The molecule has 1 atom stereocenters. The van der Waals surface area contributed by atoms with Crippen molar-refractivity contribution in [3.63, 3.8) is 0 Å². The molecule has 0 unspecified atom stereocenters. The third kappa shape index (κ3) is 4.95. The Kier molecular flexibility index (Phi) is 6.59. The Labute approximate surface area is 208 Å². The van der Waals surface area contributed by atoms with Gasteiger partial charge in [-0.2, -0.15) is 4.98 Å². The minimum Gasteiger partial charge on any atom is -0.486 e. The maximum atomic E-state index is 13.5. The molecule has 1 amide bonds. The standard InChI is InChI=1S/C26H27N5O3S/c1-4-30(14-20-15-33-22-11-7-8-12-23(22)34-20)24(32)21-10-6-5-9-19(21)16-35-26-28-25-27-17(2)13-18(3)31(25)29-26/h5-13,20H,4,14-16H2,1-3H3/t20-/m0/s1. The van der Waals surface area contributed by atoms with Gasteiger partial charge in [0.25, 0.3) is 11.7 Å². The first kappa shape index (κ1) is 23.2. The van der Waals surface area contributed by atoms with E-state index in [1.165, 1.54) is 11.8 Å². The zero-order chi connectivity index (χ0) is 24.4. The second-order valence-corrected chi connectivity index (χ2v) is 9.37. The van der Waals surface area contributed by atoms with Gasteiger partial charge in [-0.3, -0.25) is 4.79 Å². The lowest BCUT2D eigenvalue weighted by Crippen LogP contribution is -2.43. The van der Waals surface area contributed by atoms with Crippen LogP contribution in [0.1, 0.15) is 34.2 Å². The van der Waals surface area contributed by atoms with Gasteiger partial charge in [-0.15, -0.1) is 5.10 Å². The Morgan fingerprint density at radius 3 is 2.71 bits per heavy atom. The second-order valence-electron chi connectivity index (χ2n) is 8.43. The first-order valence-electron chi connectivity index (χ1n) is 11.6. The molecule has 8 nitrogen and oxygen atoms in total. The fraction of sp³-hybridized carbons (Fsp3) is 0.308. The lowest BCUT2D eigenvalue weighted by molar-refractivity contribution is 0.0474. The summed E-state index contributed by atoms with van der Waals surface area (Å²) in [6.45, 7) is 7.33. The van der Waals surface area contributed by atoms with E-state index < -0.39 is 0 Å². The van der Waals surface area contributed by atoms with Gasteiger partial charge >= 0.3 is 0 Å². The van der Waals surface area contributed by atoms with E-state index >= 15 is 0 Å². The van der Waals surface area contributed by atoms with Crippen LogP contribution in [0.15, 0.2) is 59.8 Å². The largest absolute Gasteiger partial charge is 0.486 e. The SMILES string of the molecule is CCN(C[C@H]1COc2ccccc2O1)C(=O)c1ccccc1CSc1nc2nc(C)cc(C)n2n1. The number of thioether (sulfide) groups is 1. The zero-order valence-corrected chi connectivity index (χ0v) is 20.8. The Hall–Kier alpha value is -3.59. The number of benzene rings is 2. The average molecular weight is 490 g/mol. The number of para-hydroxylation sites is 2. The molecule has 0 saturated carbocycles. The average Bonchev–Trinajstić information content (AvgIpc) is 3.29. The third-order valence-electron chi connectivity index (χ3n) is 5.86. The second kappa shape index (κ2) is 9.95. The minimum atomic E-state index is -0.225. The van der Waals surface area contributed by atoms with Crippen molar-refractivity contribution in [2.45, 2.75) is 37.8 Å². The quantitative estimate of drug-likeness (QED) is 0.357. The summed E-state index contributed by atoms with van der Waals surface area (Å²) in [7, 11) is 0. The van der Waals surface area contributed by atoms with Crippen molar-refractivity contribution < 1.29 is 14.3 Å². The summed E-state index contributed by atoms with van der Waals surface area (Å²) in [5.41, 5.74) is 3.50. The molecule has 0 bridgehead atoms. The summed E-state index contributed by atoms with van der Waals surface area (Å²) in [4.78, 5) is 24.3. The molecule has 0 radical (unpaired) electrons. The highest BCUT2D eigenvalue weighted by atomic mass is 32.2. The molecule has 3 heterocycles. The van der Waals surface area contributed by atoms with Crippen molar-refractivity contribution in [3.8, 4) is 11.5 Å². The maximum Gasteiger partial charge on any atom is 0.254 e. The van der Waals surface area contributed by atoms with Gasteiger partial charge in [-0.1, -0.05) is 42.1 Å². The lowest BCUT2D eigenvalue weighted by Gasteiger charge is -2.31. The number of fused-ring (bicyclic) bond motifs is 2. The number of carbonyl (C=O) groups excluding carboxylic acids is 1. The molecule has 180 valence electrons. The molecular formula is C26H27N5O3S. The van der Waals surface area contributed by atoms with Crippen molar-refractivity contribution in [3.05, 3.63) is 77.1 Å². The Bertz CT molecular complexity index is 1370. The monoisotopic (exact) mass is 489 g/mol. The number of rotatable bonds is 7.